The molecule has 0 spiro atoms. The number of benzene rings is 1. The molecule has 1 aliphatic rings. The Morgan fingerprint density at radius 1 is 1.43 bits per heavy atom. The molecule has 0 aliphatic carbocycles. The summed E-state index contributed by atoms with van der Waals surface area (Å²) in [6.07, 6.45) is 1.49. The average Bonchev–Trinajstić information content (AvgIpc) is 2.44. The molecule has 1 aromatic carbocycles. The first-order valence-electron chi connectivity index (χ1n) is 7.19. The maximum atomic E-state index is 12.0. The van der Waals surface area contributed by atoms with Gasteiger partial charge in [0.05, 0.1) is 15.7 Å². The summed E-state index contributed by atoms with van der Waals surface area (Å²) < 4.78 is 0. The monoisotopic (exact) mass is 329 g/mol. The van der Waals surface area contributed by atoms with E-state index in [1.165, 1.54) is 0 Å². The molecule has 1 aliphatic heterocycles. The minimum absolute atomic E-state index is 0.0859. The first kappa shape index (κ1) is 16.6. The molecule has 2 unspecified atom stereocenters. The van der Waals surface area contributed by atoms with Gasteiger partial charge in [-0.15, -0.1) is 0 Å². The molecule has 1 amide bonds. The second kappa shape index (κ2) is 7.45. The van der Waals surface area contributed by atoms with Crippen LogP contribution in [0.5, 0.6) is 0 Å². The van der Waals surface area contributed by atoms with Crippen molar-refractivity contribution in [1.29, 1.82) is 0 Å². The number of carbonyl (C=O) groups is 1. The van der Waals surface area contributed by atoms with Crippen molar-refractivity contribution in [2.45, 2.75) is 25.8 Å². The number of halogens is 2. The predicted molar refractivity (Wildman–Crippen MR) is 87.9 cm³/mol. The Morgan fingerprint density at radius 2 is 2.10 bits per heavy atom. The van der Waals surface area contributed by atoms with E-state index in [4.69, 9.17) is 28.9 Å². The topological polar surface area (TPSA) is 58.4 Å². The number of para-hydroxylation sites is 1. The molecule has 21 heavy (non-hydrogen) atoms. The number of piperidine rings is 1. The van der Waals surface area contributed by atoms with Crippen LogP contribution in [0.25, 0.3) is 0 Å². The van der Waals surface area contributed by atoms with Crippen molar-refractivity contribution < 1.29 is 4.79 Å². The van der Waals surface area contributed by atoms with Gasteiger partial charge in [0.15, 0.2) is 0 Å². The van der Waals surface area contributed by atoms with E-state index in [9.17, 15) is 4.79 Å². The maximum absolute atomic E-state index is 12.0. The lowest BCUT2D eigenvalue weighted by atomic mass is 9.94. The number of hydrogen-bond donors (Lipinski definition) is 2. The molecule has 1 aromatic rings. The van der Waals surface area contributed by atoms with E-state index in [1.807, 2.05) is 0 Å². The SMILES string of the molecule is CC1CCN(CCC(=O)Nc2c(Cl)cccc2Cl)CC1N. The second-order valence-electron chi connectivity index (χ2n) is 5.63. The zero-order chi connectivity index (χ0) is 15.4. The molecular formula is C15H21Cl2N3O. The second-order valence-corrected chi connectivity index (χ2v) is 6.44. The average molecular weight is 330 g/mol. The van der Waals surface area contributed by atoms with Crippen LogP contribution in [0.2, 0.25) is 10.0 Å². The van der Waals surface area contributed by atoms with Gasteiger partial charge in [-0.2, -0.15) is 0 Å². The number of anilines is 1. The Labute approximate surface area is 135 Å². The summed E-state index contributed by atoms with van der Waals surface area (Å²) in [5.41, 5.74) is 6.54. The summed E-state index contributed by atoms with van der Waals surface area (Å²) in [6, 6.07) is 5.35. The molecule has 0 bridgehead atoms. The molecule has 2 atom stereocenters. The Bertz CT molecular complexity index is 489. The van der Waals surface area contributed by atoms with Gasteiger partial charge < -0.3 is 16.0 Å². The number of rotatable bonds is 4. The van der Waals surface area contributed by atoms with Crippen molar-refractivity contribution >= 4 is 34.8 Å². The number of carbonyl (C=O) groups excluding carboxylic acids is 1. The van der Waals surface area contributed by atoms with Crippen LogP contribution in [0.3, 0.4) is 0 Å². The maximum Gasteiger partial charge on any atom is 0.225 e. The minimum Gasteiger partial charge on any atom is -0.326 e. The Morgan fingerprint density at radius 3 is 2.71 bits per heavy atom. The molecule has 2 rings (SSSR count). The fourth-order valence-electron chi connectivity index (χ4n) is 2.45. The van der Waals surface area contributed by atoms with Crippen LogP contribution >= 0.6 is 23.2 Å². The van der Waals surface area contributed by atoms with Gasteiger partial charge in [-0.05, 0) is 31.0 Å². The highest BCUT2D eigenvalue weighted by Crippen LogP contribution is 2.29. The number of nitrogens with one attached hydrogen (secondary N) is 1. The highest BCUT2D eigenvalue weighted by molar-refractivity contribution is 6.39. The van der Waals surface area contributed by atoms with Crippen molar-refractivity contribution in [2.24, 2.45) is 11.7 Å². The first-order chi connectivity index (χ1) is 9.97. The van der Waals surface area contributed by atoms with Gasteiger partial charge in [-0.1, -0.05) is 36.2 Å². The molecule has 0 radical (unpaired) electrons. The summed E-state index contributed by atoms with van der Waals surface area (Å²) in [5, 5.41) is 3.67. The largest absolute Gasteiger partial charge is 0.326 e. The molecule has 6 heteroatoms. The molecule has 3 N–H and O–H groups in total. The van der Waals surface area contributed by atoms with Crippen LogP contribution in [0.15, 0.2) is 18.2 Å². The summed E-state index contributed by atoms with van der Waals surface area (Å²) in [5.74, 6) is 0.467. The Balaban J connectivity index is 1.83. The number of likely N-dealkylation sites (tertiary alicyclic amines) is 1. The lowest BCUT2D eigenvalue weighted by molar-refractivity contribution is -0.116. The highest BCUT2D eigenvalue weighted by Gasteiger charge is 2.23. The third kappa shape index (κ3) is 4.58. The predicted octanol–water partition coefficient (Wildman–Crippen LogP) is 2.99. The summed E-state index contributed by atoms with van der Waals surface area (Å²) in [4.78, 5) is 14.3. The highest BCUT2D eigenvalue weighted by atomic mass is 35.5. The zero-order valence-electron chi connectivity index (χ0n) is 12.1. The van der Waals surface area contributed by atoms with Crippen LogP contribution in [-0.2, 0) is 4.79 Å². The van der Waals surface area contributed by atoms with Crippen LogP contribution in [0.1, 0.15) is 19.8 Å². The van der Waals surface area contributed by atoms with Gasteiger partial charge in [0.25, 0.3) is 0 Å². The van der Waals surface area contributed by atoms with E-state index in [0.29, 0.717) is 34.6 Å². The normalized spacial score (nSPS) is 23.0. The molecule has 1 saturated heterocycles. The van der Waals surface area contributed by atoms with Crippen molar-refractivity contribution in [3.05, 3.63) is 28.2 Å². The fraction of sp³-hybridized carbons (Fsp3) is 0.533. The van der Waals surface area contributed by atoms with Crippen LogP contribution in [-0.4, -0.2) is 36.5 Å². The van der Waals surface area contributed by atoms with Gasteiger partial charge >= 0.3 is 0 Å². The molecule has 1 fully saturated rings. The Kier molecular flexibility index (Phi) is 5.88. The lowest BCUT2D eigenvalue weighted by Crippen LogP contribution is -2.48. The number of amides is 1. The van der Waals surface area contributed by atoms with Crippen molar-refractivity contribution in [3.8, 4) is 0 Å². The molecule has 0 aromatic heterocycles. The van der Waals surface area contributed by atoms with E-state index in [-0.39, 0.29) is 11.9 Å². The van der Waals surface area contributed by atoms with Gasteiger partial charge in [0, 0.05) is 25.6 Å². The molecule has 4 nitrogen and oxygen atoms in total. The summed E-state index contributed by atoms with van der Waals surface area (Å²) >= 11 is 12.1. The van der Waals surface area contributed by atoms with E-state index < -0.39 is 0 Å². The molecular weight excluding hydrogens is 309 g/mol. The fourth-order valence-corrected chi connectivity index (χ4v) is 2.94. The third-order valence-corrected chi connectivity index (χ3v) is 4.61. The third-order valence-electron chi connectivity index (χ3n) is 3.98. The van der Waals surface area contributed by atoms with Crippen molar-refractivity contribution in [2.75, 3.05) is 25.0 Å². The van der Waals surface area contributed by atoms with Crippen LogP contribution in [0.4, 0.5) is 5.69 Å². The quantitative estimate of drug-likeness (QED) is 0.892. The number of hydrogen-bond acceptors (Lipinski definition) is 3. The van der Waals surface area contributed by atoms with Crippen LogP contribution in [0, 0.1) is 5.92 Å². The minimum atomic E-state index is -0.0859. The molecule has 1 heterocycles. The van der Waals surface area contributed by atoms with Gasteiger partial charge in [0.1, 0.15) is 0 Å². The zero-order valence-corrected chi connectivity index (χ0v) is 13.6. The molecule has 0 saturated carbocycles. The van der Waals surface area contributed by atoms with Crippen LogP contribution < -0.4 is 11.1 Å². The van der Waals surface area contributed by atoms with E-state index >= 15 is 0 Å². The van der Waals surface area contributed by atoms with E-state index in [0.717, 1.165) is 19.5 Å². The lowest BCUT2D eigenvalue weighted by Gasteiger charge is -2.34. The van der Waals surface area contributed by atoms with Crippen molar-refractivity contribution in [1.82, 2.24) is 4.90 Å². The smallest absolute Gasteiger partial charge is 0.225 e. The summed E-state index contributed by atoms with van der Waals surface area (Å²) in [7, 11) is 0. The standard InChI is InChI=1S/C15H21Cl2N3O/c1-10-5-7-20(9-13(10)18)8-6-14(21)19-15-11(16)3-2-4-12(15)17/h2-4,10,13H,5-9,18H2,1H3,(H,19,21). The number of nitrogens with zero attached hydrogens (tertiary/aromatic N) is 1. The van der Waals surface area contributed by atoms with E-state index in [1.54, 1.807) is 18.2 Å². The Hall–Kier alpha value is -0.810. The van der Waals surface area contributed by atoms with Gasteiger partial charge in [0.2, 0.25) is 5.91 Å². The van der Waals surface area contributed by atoms with Gasteiger partial charge in [-0.25, -0.2) is 0 Å². The molecule has 116 valence electrons. The first-order valence-corrected chi connectivity index (χ1v) is 7.94. The summed E-state index contributed by atoms with van der Waals surface area (Å²) in [6.45, 7) is 4.72. The number of nitrogens with two attached hydrogens (primary N) is 1. The van der Waals surface area contributed by atoms with E-state index in [2.05, 4.69) is 17.1 Å². The van der Waals surface area contributed by atoms with Crippen molar-refractivity contribution in [3.63, 3.8) is 0 Å². The van der Waals surface area contributed by atoms with Gasteiger partial charge in [-0.3, -0.25) is 4.79 Å².